The molecule has 0 spiro atoms. The number of carboxylic acids is 1. The molecule has 0 aliphatic heterocycles. The number of carbonyl (C=O) groups excluding carboxylic acids is 1. The largest absolute Gasteiger partial charge is 0.490 e. The highest BCUT2D eigenvalue weighted by molar-refractivity contribution is 5.92. The number of ether oxygens (including phenoxy) is 1. The van der Waals surface area contributed by atoms with Crippen molar-refractivity contribution in [1.82, 2.24) is 5.32 Å². The molecule has 132 valence electrons. The summed E-state index contributed by atoms with van der Waals surface area (Å²) in [6.45, 7) is 0. The monoisotopic (exact) mass is 343 g/mol. The van der Waals surface area contributed by atoms with Gasteiger partial charge >= 0.3 is 5.97 Å². The van der Waals surface area contributed by atoms with Crippen LogP contribution in [0.5, 0.6) is 5.75 Å². The van der Waals surface area contributed by atoms with Crippen molar-refractivity contribution in [2.45, 2.75) is 44.2 Å². The van der Waals surface area contributed by atoms with Crippen LogP contribution in [0.1, 0.15) is 54.3 Å². The number of nitrogens with one attached hydrogen (secondary N) is 1. The van der Waals surface area contributed by atoms with Crippen molar-refractivity contribution in [3.05, 3.63) is 54.0 Å². The summed E-state index contributed by atoms with van der Waals surface area (Å²) in [5, 5.41) is 11.8. The molecule has 1 aromatic carbocycles. The number of benzene rings is 1. The highest BCUT2D eigenvalue weighted by atomic mass is 16.5. The van der Waals surface area contributed by atoms with Crippen LogP contribution in [0, 0.1) is 0 Å². The minimum absolute atomic E-state index is 0.150. The summed E-state index contributed by atoms with van der Waals surface area (Å²) >= 11 is 0. The molecular formula is C19H21NO5. The summed E-state index contributed by atoms with van der Waals surface area (Å²) in [6.07, 6.45) is 5.99. The van der Waals surface area contributed by atoms with Crippen molar-refractivity contribution in [1.29, 1.82) is 0 Å². The minimum atomic E-state index is -0.990. The van der Waals surface area contributed by atoms with Crippen LogP contribution in [-0.2, 0) is 4.79 Å². The second kappa shape index (κ2) is 7.88. The maximum atomic E-state index is 12.1. The molecule has 0 saturated heterocycles. The molecule has 1 aromatic heterocycles. The van der Waals surface area contributed by atoms with Gasteiger partial charge in [0.2, 0.25) is 0 Å². The van der Waals surface area contributed by atoms with E-state index in [9.17, 15) is 9.59 Å². The molecule has 25 heavy (non-hydrogen) atoms. The van der Waals surface area contributed by atoms with E-state index >= 15 is 0 Å². The van der Waals surface area contributed by atoms with Crippen molar-refractivity contribution in [3.63, 3.8) is 0 Å². The number of carbonyl (C=O) groups is 2. The second-order valence-electron chi connectivity index (χ2n) is 6.19. The maximum absolute atomic E-state index is 12.1. The van der Waals surface area contributed by atoms with Gasteiger partial charge in [-0.2, -0.15) is 0 Å². The van der Waals surface area contributed by atoms with Gasteiger partial charge in [0.05, 0.1) is 24.8 Å². The van der Waals surface area contributed by atoms with Gasteiger partial charge in [-0.3, -0.25) is 9.59 Å². The van der Waals surface area contributed by atoms with E-state index in [1.165, 1.54) is 25.2 Å². The number of furan rings is 1. The van der Waals surface area contributed by atoms with Crippen molar-refractivity contribution in [3.8, 4) is 5.75 Å². The summed E-state index contributed by atoms with van der Waals surface area (Å²) in [4.78, 5) is 23.3. The topological polar surface area (TPSA) is 88.8 Å². The summed E-state index contributed by atoms with van der Waals surface area (Å²) in [5.41, 5.74) is 0.709. The van der Waals surface area contributed by atoms with E-state index in [1.54, 1.807) is 18.2 Å². The van der Waals surface area contributed by atoms with Crippen LogP contribution >= 0.6 is 0 Å². The zero-order chi connectivity index (χ0) is 17.6. The summed E-state index contributed by atoms with van der Waals surface area (Å²) in [5.74, 6) is -0.516. The van der Waals surface area contributed by atoms with E-state index in [0.29, 0.717) is 5.56 Å². The van der Waals surface area contributed by atoms with Crippen LogP contribution in [-0.4, -0.2) is 23.1 Å². The third-order valence-corrected chi connectivity index (χ3v) is 4.32. The Balaban J connectivity index is 1.69. The Labute approximate surface area is 145 Å². The molecule has 1 aliphatic carbocycles. The van der Waals surface area contributed by atoms with E-state index in [2.05, 4.69) is 5.32 Å². The Morgan fingerprint density at radius 2 is 1.92 bits per heavy atom. The predicted octanol–water partition coefficient (Wildman–Crippen LogP) is 3.55. The normalized spacial score (nSPS) is 15.7. The molecule has 6 nitrogen and oxygen atoms in total. The second-order valence-corrected chi connectivity index (χ2v) is 6.19. The molecule has 1 atom stereocenters. The molecule has 0 bridgehead atoms. The first-order valence-corrected chi connectivity index (χ1v) is 8.44. The lowest BCUT2D eigenvalue weighted by Crippen LogP contribution is -2.29. The first-order chi connectivity index (χ1) is 12.1. The smallest absolute Gasteiger partial charge is 0.305 e. The average molecular weight is 343 g/mol. The van der Waals surface area contributed by atoms with Crippen LogP contribution in [0.25, 0.3) is 0 Å². The lowest BCUT2D eigenvalue weighted by atomic mass is 10.0. The highest BCUT2D eigenvalue weighted by Crippen LogP contribution is 2.26. The molecule has 1 amide bonds. The molecule has 2 aromatic rings. The SMILES string of the molecule is O=C(O)C[C@H](NC(=O)c1ccco1)c1ccc(OC2CCCC2)cc1. The summed E-state index contributed by atoms with van der Waals surface area (Å²) < 4.78 is 11.0. The Morgan fingerprint density at radius 3 is 2.52 bits per heavy atom. The fourth-order valence-corrected chi connectivity index (χ4v) is 3.04. The van der Waals surface area contributed by atoms with Gasteiger partial charge in [-0.15, -0.1) is 0 Å². The fraction of sp³-hybridized carbons (Fsp3) is 0.368. The molecule has 1 aliphatic rings. The quantitative estimate of drug-likeness (QED) is 0.802. The Hall–Kier alpha value is -2.76. The predicted molar refractivity (Wildman–Crippen MR) is 90.5 cm³/mol. The lowest BCUT2D eigenvalue weighted by molar-refractivity contribution is -0.137. The van der Waals surface area contributed by atoms with Gasteiger partial charge in [0.25, 0.3) is 5.91 Å². The molecule has 1 heterocycles. The van der Waals surface area contributed by atoms with Gasteiger partial charge in [-0.25, -0.2) is 0 Å². The van der Waals surface area contributed by atoms with Crippen LogP contribution in [0.2, 0.25) is 0 Å². The zero-order valence-electron chi connectivity index (χ0n) is 13.8. The van der Waals surface area contributed by atoms with Crippen molar-refractivity contribution in [2.24, 2.45) is 0 Å². The van der Waals surface area contributed by atoms with Gasteiger partial charge in [0.1, 0.15) is 5.75 Å². The standard InChI is InChI=1S/C19H21NO5/c21-18(22)12-16(20-19(23)17-6-3-11-24-17)13-7-9-15(10-8-13)25-14-4-1-2-5-14/h3,6-11,14,16H,1-2,4-5,12H2,(H,20,23)(H,21,22)/t16-/m0/s1. The number of hydrogen-bond donors (Lipinski definition) is 2. The molecule has 3 rings (SSSR count). The number of aliphatic carboxylic acids is 1. The maximum Gasteiger partial charge on any atom is 0.305 e. The summed E-state index contributed by atoms with van der Waals surface area (Å²) in [7, 11) is 0. The number of amides is 1. The van der Waals surface area contributed by atoms with E-state index in [4.69, 9.17) is 14.3 Å². The third kappa shape index (κ3) is 4.62. The van der Waals surface area contributed by atoms with E-state index in [1.807, 2.05) is 12.1 Å². The van der Waals surface area contributed by atoms with Gasteiger partial charge < -0.3 is 19.6 Å². The van der Waals surface area contributed by atoms with Gasteiger partial charge in [-0.05, 0) is 55.5 Å². The van der Waals surface area contributed by atoms with Crippen LogP contribution in [0.4, 0.5) is 0 Å². The van der Waals surface area contributed by atoms with Crippen molar-refractivity contribution >= 4 is 11.9 Å². The molecular weight excluding hydrogens is 322 g/mol. The summed E-state index contributed by atoms with van der Waals surface area (Å²) in [6, 6.07) is 9.72. The first kappa shape index (κ1) is 17.1. The molecule has 2 N–H and O–H groups in total. The van der Waals surface area contributed by atoms with Gasteiger partial charge in [-0.1, -0.05) is 12.1 Å². The third-order valence-electron chi connectivity index (χ3n) is 4.32. The van der Waals surface area contributed by atoms with Crippen LogP contribution < -0.4 is 10.1 Å². The molecule has 0 unspecified atom stereocenters. The zero-order valence-corrected chi connectivity index (χ0v) is 13.8. The molecule has 0 radical (unpaired) electrons. The average Bonchev–Trinajstić information content (AvgIpc) is 3.28. The Bertz CT molecular complexity index is 702. The Kier molecular flexibility index (Phi) is 5.38. The van der Waals surface area contributed by atoms with E-state index in [0.717, 1.165) is 18.6 Å². The number of hydrogen-bond acceptors (Lipinski definition) is 4. The number of carboxylic acid groups (broad SMARTS) is 1. The van der Waals surface area contributed by atoms with Crippen molar-refractivity contribution in [2.75, 3.05) is 0 Å². The Morgan fingerprint density at radius 1 is 1.20 bits per heavy atom. The lowest BCUT2D eigenvalue weighted by Gasteiger charge is -2.18. The van der Waals surface area contributed by atoms with Crippen LogP contribution in [0.3, 0.4) is 0 Å². The van der Waals surface area contributed by atoms with E-state index < -0.39 is 17.9 Å². The fourth-order valence-electron chi connectivity index (χ4n) is 3.04. The van der Waals surface area contributed by atoms with Crippen molar-refractivity contribution < 1.29 is 23.8 Å². The minimum Gasteiger partial charge on any atom is -0.490 e. The molecule has 1 fully saturated rings. The molecule has 1 saturated carbocycles. The first-order valence-electron chi connectivity index (χ1n) is 8.44. The van der Waals surface area contributed by atoms with Gasteiger partial charge in [0, 0.05) is 0 Å². The number of rotatable bonds is 7. The van der Waals surface area contributed by atoms with E-state index in [-0.39, 0.29) is 18.3 Å². The van der Waals surface area contributed by atoms with Gasteiger partial charge in [0.15, 0.2) is 5.76 Å². The van der Waals surface area contributed by atoms with Crippen LogP contribution in [0.15, 0.2) is 47.1 Å². The molecule has 6 heteroatoms. The highest BCUT2D eigenvalue weighted by Gasteiger charge is 2.21.